The van der Waals surface area contributed by atoms with Crippen LogP contribution < -0.4 is 4.90 Å². The van der Waals surface area contributed by atoms with E-state index in [0.717, 1.165) is 18.4 Å². The van der Waals surface area contributed by atoms with E-state index in [0.29, 0.717) is 17.8 Å². The van der Waals surface area contributed by atoms with Gasteiger partial charge in [0.05, 0.1) is 11.3 Å². The van der Waals surface area contributed by atoms with Gasteiger partial charge in [-0.2, -0.15) is 0 Å². The molecule has 0 unspecified atom stereocenters. The van der Waals surface area contributed by atoms with Crippen LogP contribution in [0.3, 0.4) is 0 Å². The van der Waals surface area contributed by atoms with Crippen LogP contribution in [-0.2, 0) is 6.42 Å². The Morgan fingerprint density at radius 3 is 2.71 bits per heavy atom. The number of aromatic hydroxyl groups is 2. The number of hydrogen-bond donors (Lipinski definition) is 2. The summed E-state index contributed by atoms with van der Waals surface area (Å²) >= 11 is 0. The maximum absolute atomic E-state index is 12.7. The first-order chi connectivity index (χ1) is 10.1. The number of phenolic OH excluding ortho intramolecular Hbond substituents is 2. The largest absolute Gasteiger partial charge is 0.507 e. The minimum Gasteiger partial charge on any atom is -0.507 e. The van der Waals surface area contributed by atoms with Gasteiger partial charge >= 0.3 is 0 Å². The molecule has 1 aliphatic heterocycles. The van der Waals surface area contributed by atoms with Crippen molar-refractivity contribution < 1.29 is 15.0 Å². The third-order valence-corrected chi connectivity index (χ3v) is 3.91. The average molecular weight is 283 g/mol. The monoisotopic (exact) mass is 283 g/mol. The van der Waals surface area contributed by atoms with Crippen LogP contribution in [0, 0.1) is 6.92 Å². The number of rotatable bonds is 1. The highest BCUT2D eigenvalue weighted by Crippen LogP contribution is 2.37. The standard InChI is InChI=1S/C17H17NO3/c1-11-5-2-8-13(16(11)20)17(21)18-10-4-7-12-6-3-9-14(19)15(12)18/h2-3,5-6,8-9,19-20H,4,7,10H2,1H3. The van der Waals surface area contributed by atoms with Crippen LogP contribution in [0.15, 0.2) is 36.4 Å². The zero-order valence-corrected chi connectivity index (χ0v) is 11.8. The fourth-order valence-electron chi connectivity index (χ4n) is 2.81. The van der Waals surface area contributed by atoms with Gasteiger partial charge in [-0.15, -0.1) is 0 Å². The molecule has 0 radical (unpaired) electrons. The molecule has 4 heteroatoms. The number of anilines is 1. The number of carbonyl (C=O) groups excluding carboxylic acids is 1. The van der Waals surface area contributed by atoms with Crippen LogP contribution >= 0.6 is 0 Å². The Hall–Kier alpha value is -2.49. The number of benzene rings is 2. The first-order valence-electron chi connectivity index (χ1n) is 7.01. The lowest BCUT2D eigenvalue weighted by Crippen LogP contribution is -2.35. The summed E-state index contributed by atoms with van der Waals surface area (Å²) in [6, 6.07) is 10.4. The van der Waals surface area contributed by atoms with Crippen molar-refractivity contribution in [1.82, 2.24) is 0 Å². The minimum atomic E-state index is -0.279. The van der Waals surface area contributed by atoms with E-state index < -0.39 is 0 Å². The van der Waals surface area contributed by atoms with Crippen molar-refractivity contribution in [2.45, 2.75) is 19.8 Å². The summed E-state index contributed by atoms with van der Waals surface area (Å²) < 4.78 is 0. The molecule has 1 aliphatic rings. The Morgan fingerprint density at radius 2 is 1.90 bits per heavy atom. The minimum absolute atomic E-state index is 0.00467. The van der Waals surface area contributed by atoms with Gasteiger partial charge in [0.2, 0.25) is 0 Å². The quantitative estimate of drug-likeness (QED) is 0.845. The topological polar surface area (TPSA) is 60.8 Å². The van der Waals surface area contributed by atoms with Crippen LogP contribution in [-0.4, -0.2) is 22.7 Å². The first kappa shape index (κ1) is 13.5. The first-order valence-corrected chi connectivity index (χ1v) is 7.01. The van der Waals surface area contributed by atoms with Gasteiger partial charge in [0.25, 0.3) is 5.91 Å². The van der Waals surface area contributed by atoms with Gasteiger partial charge in [0.1, 0.15) is 11.5 Å². The van der Waals surface area contributed by atoms with E-state index in [-0.39, 0.29) is 23.0 Å². The number of carbonyl (C=O) groups is 1. The smallest absolute Gasteiger partial charge is 0.262 e. The fraction of sp³-hybridized carbons (Fsp3) is 0.235. The average Bonchev–Trinajstić information content (AvgIpc) is 2.49. The van der Waals surface area contributed by atoms with Crippen molar-refractivity contribution in [1.29, 1.82) is 0 Å². The third kappa shape index (κ3) is 2.23. The molecule has 1 amide bonds. The molecule has 0 saturated carbocycles. The summed E-state index contributed by atoms with van der Waals surface area (Å²) in [5.41, 5.74) is 2.46. The summed E-state index contributed by atoms with van der Waals surface area (Å²) in [6.07, 6.45) is 1.68. The van der Waals surface area contributed by atoms with Gasteiger partial charge in [-0.3, -0.25) is 4.79 Å². The van der Waals surface area contributed by atoms with Crippen LogP contribution in [0.2, 0.25) is 0 Å². The second kappa shape index (κ2) is 5.13. The lowest BCUT2D eigenvalue weighted by Gasteiger charge is -2.30. The van der Waals surface area contributed by atoms with Crippen LogP contribution in [0.5, 0.6) is 11.5 Å². The van der Waals surface area contributed by atoms with Crippen molar-refractivity contribution >= 4 is 11.6 Å². The Morgan fingerprint density at radius 1 is 1.14 bits per heavy atom. The molecule has 4 nitrogen and oxygen atoms in total. The molecule has 3 rings (SSSR count). The second-order valence-corrected chi connectivity index (χ2v) is 5.32. The summed E-state index contributed by atoms with van der Waals surface area (Å²) in [4.78, 5) is 14.3. The van der Waals surface area contributed by atoms with Gasteiger partial charge in [-0.1, -0.05) is 24.3 Å². The molecular weight excluding hydrogens is 266 g/mol. The highest BCUT2D eigenvalue weighted by molar-refractivity contribution is 6.09. The van der Waals surface area contributed by atoms with E-state index in [1.165, 1.54) is 0 Å². The van der Waals surface area contributed by atoms with Crippen LogP contribution in [0.4, 0.5) is 5.69 Å². The Bertz CT molecular complexity index is 709. The lowest BCUT2D eigenvalue weighted by molar-refractivity contribution is 0.0981. The van der Waals surface area contributed by atoms with E-state index in [2.05, 4.69) is 0 Å². The fourth-order valence-corrected chi connectivity index (χ4v) is 2.81. The van der Waals surface area contributed by atoms with Crippen molar-refractivity contribution in [3.05, 3.63) is 53.1 Å². The van der Waals surface area contributed by atoms with Gasteiger partial charge in [-0.05, 0) is 43.0 Å². The molecule has 0 spiro atoms. The number of phenols is 2. The van der Waals surface area contributed by atoms with E-state index in [1.807, 2.05) is 6.07 Å². The maximum atomic E-state index is 12.7. The normalized spacial score (nSPS) is 13.9. The Balaban J connectivity index is 2.07. The number of aryl methyl sites for hydroxylation is 2. The SMILES string of the molecule is Cc1cccc(C(=O)N2CCCc3cccc(O)c32)c1O. The molecule has 2 aromatic carbocycles. The third-order valence-electron chi connectivity index (χ3n) is 3.91. The zero-order chi connectivity index (χ0) is 15.0. The number of fused-ring (bicyclic) bond motifs is 1. The summed E-state index contributed by atoms with van der Waals surface area (Å²) in [6.45, 7) is 2.30. The Kier molecular flexibility index (Phi) is 3.29. The molecule has 0 atom stereocenters. The second-order valence-electron chi connectivity index (χ2n) is 5.32. The highest BCUT2D eigenvalue weighted by atomic mass is 16.3. The van der Waals surface area contributed by atoms with Crippen LogP contribution in [0.1, 0.15) is 27.9 Å². The lowest BCUT2D eigenvalue weighted by atomic mass is 9.99. The molecule has 0 saturated heterocycles. The molecule has 0 aliphatic carbocycles. The number of hydrogen-bond acceptors (Lipinski definition) is 3. The molecule has 2 N–H and O–H groups in total. The van der Waals surface area contributed by atoms with Crippen LogP contribution in [0.25, 0.3) is 0 Å². The number of nitrogens with zero attached hydrogens (tertiary/aromatic N) is 1. The molecule has 21 heavy (non-hydrogen) atoms. The van der Waals surface area contributed by atoms with E-state index in [1.54, 1.807) is 42.2 Å². The van der Waals surface area contributed by atoms with Gasteiger partial charge < -0.3 is 15.1 Å². The summed E-state index contributed by atoms with van der Waals surface area (Å²) in [5, 5.41) is 20.2. The molecular formula is C17H17NO3. The maximum Gasteiger partial charge on any atom is 0.262 e. The van der Waals surface area contributed by atoms with E-state index in [9.17, 15) is 15.0 Å². The van der Waals surface area contributed by atoms with Crippen molar-refractivity contribution in [3.8, 4) is 11.5 Å². The molecule has 1 heterocycles. The Labute approximate surface area is 123 Å². The molecule has 0 aromatic heterocycles. The molecule has 108 valence electrons. The van der Waals surface area contributed by atoms with Crippen molar-refractivity contribution in [3.63, 3.8) is 0 Å². The van der Waals surface area contributed by atoms with E-state index >= 15 is 0 Å². The van der Waals surface area contributed by atoms with Gasteiger partial charge in [-0.25, -0.2) is 0 Å². The zero-order valence-electron chi connectivity index (χ0n) is 11.8. The predicted octanol–water partition coefficient (Wildman–Crippen LogP) is 3.00. The molecule has 2 aromatic rings. The summed E-state index contributed by atoms with van der Waals surface area (Å²) in [7, 11) is 0. The van der Waals surface area contributed by atoms with E-state index in [4.69, 9.17) is 0 Å². The molecule has 0 bridgehead atoms. The van der Waals surface area contributed by atoms with Crippen molar-refractivity contribution in [2.75, 3.05) is 11.4 Å². The summed E-state index contributed by atoms with van der Waals surface area (Å²) in [5.74, 6) is -0.170. The predicted molar refractivity (Wildman–Crippen MR) is 80.9 cm³/mol. The van der Waals surface area contributed by atoms with Crippen molar-refractivity contribution in [2.24, 2.45) is 0 Å². The van der Waals surface area contributed by atoms with Gasteiger partial charge in [0.15, 0.2) is 0 Å². The molecule has 0 fully saturated rings. The van der Waals surface area contributed by atoms with Gasteiger partial charge in [0, 0.05) is 6.54 Å². The number of amides is 1. The highest BCUT2D eigenvalue weighted by Gasteiger charge is 2.27. The number of para-hydroxylation sites is 2.